The Bertz CT molecular complexity index is 399. The minimum atomic E-state index is 0.182. The lowest BCUT2D eigenvalue weighted by Crippen LogP contribution is -2.31. The number of nitrogens with zero attached hydrogens (tertiary/aromatic N) is 1. The van der Waals surface area contributed by atoms with Gasteiger partial charge in [0.25, 0.3) is 0 Å². The summed E-state index contributed by atoms with van der Waals surface area (Å²) in [7, 11) is 1.82. The number of nitrogen functional groups attached to an aromatic ring is 1. The van der Waals surface area contributed by atoms with Crippen molar-refractivity contribution >= 4 is 17.3 Å². The summed E-state index contributed by atoms with van der Waals surface area (Å²) in [6.07, 6.45) is 1.41. The topological polar surface area (TPSA) is 46.3 Å². The summed E-state index contributed by atoms with van der Waals surface area (Å²) in [6.45, 7) is 2.01. The van der Waals surface area contributed by atoms with Gasteiger partial charge < -0.3 is 10.6 Å². The minimum absolute atomic E-state index is 0.182. The van der Waals surface area contributed by atoms with Crippen molar-refractivity contribution in [3.05, 3.63) is 23.3 Å². The van der Waals surface area contributed by atoms with Crippen LogP contribution in [0.5, 0.6) is 0 Å². The van der Waals surface area contributed by atoms with E-state index in [0.29, 0.717) is 6.42 Å². The molecule has 0 fully saturated rings. The molecule has 1 aromatic carbocycles. The van der Waals surface area contributed by atoms with Gasteiger partial charge in [-0.2, -0.15) is 0 Å². The third-order valence-electron chi connectivity index (χ3n) is 2.94. The summed E-state index contributed by atoms with van der Waals surface area (Å²) in [5.74, 6) is 0.182. The van der Waals surface area contributed by atoms with Gasteiger partial charge in [0.2, 0.25) is 5.91 Å². The lowest BCUT2D eigenvalue weighted by atomic mass is 9.96. The van der Waals surface area contributed by atoms with Gasteiger partial charge in [-0.05, 0) is 36.6 Å². The van der Waals surface area contributed by atoms with E-state index in [1.807, 2.05) is 26.1 Å². The average molecular weight is 190 g/mol. The van der Waals surface area contributed by atoms with Crippen molar-refractivity contribution < 1.29 is 4.79 Å². The maximum absolute atomic E-state index is 11.4. The number of anilines is 2. The highest BCUT2D eigenvalue weighted by molar-refractivity contribution is 5.96. The second-order valence-corrected chi connectivity index (χ2v) is 3.73. The van der Waals surface area contributed by atoms with Crippen LogP contribution in [-0.2, 0) is 11.2 Å². The summed E-state index contributed by atoms with van der Waals surface area (Å²) in [5.41, 5.74) is 9.97. The molecular weight excluding hydrogens is 176 g/mol. The van der Waals surface area contributed by atoms with Gasteiger partial charge in [0.1, 0.15) is 0 Å². The molecule has 0 unspecified atom stereocenters. The van der Waals surface area contributed by atoms with Gasteiger partial charge in [0, 0.05) is 24.8 Å². The minimum Gasteiger partial charge on any atom is -0.399 e. The predicted molar refractivity (Wildman–Crippen MR) is 57.3 cm³/mol. The van der Waals surface area contributed by atoms with Gasteiger partial charge in [0.15, 0.2) is 0 Å². The lowest BCUT2D eigenvalue weighted by Gasteiger charge is -2.27. The molecule has 1 aliphatic rings. The second kappa shape index (κ2) is 3.01. The maximum Gasteiger partial charge on any atom is 0.227 e. The number of carbonyl (C=O) groups excluding carboxylic acids is 1. The average Bonchev–Trinajstić information content (AvgIpc) is 2.17. The van der Waals surface area contributed by atoms with Crippen LogP contribution >= 0.6 is 0 Å². The van der Waals surface area contributed by atoms with E-state index in [2.05, 4.69) is 0 Å². The van der Waals surface area contributed by atoms with Gasteiger partial charge in [-0.15, -0.1) is 0 Å². The molecule has 0 aromatic heterocycles. The Balaban J connectivity index is 2.59. The van der Waals surface area contributed by atoms with Gasteiger partial charge in [-0.3, -0.25) is 4.79 Å². The number of rotatable bonds is 0. The fourth-order valence-corrected chi connectivity index (χ4v) is 1.92. The first-order valence-corrected chi connectivity index (χ1v) is 4.76. The van der Waals surface area contributed by atoms with E-state index < -0.39 is 0 Å². The molecule has 2 N–H and O–H groups in total. The molecule has 1 heterocycles. The predicted octanol–water partition coefficient (Wildman–Crippen LogP) is 1.49. The third kappa shape index (κ3) is 1.16. The molecule has 0 aliphatic carbocycles. The molecule has 0 spiro atoms. The molecule has 2 rings (SSSR count). The maximum atomic E-state index is 11.4. The molecule has 0 saturated heterocycles. The first kappa shape index (κ1) is 9.06. The summed E-state index contributed by atoms with van der Waals surface area (Å²) in [6, 6.07) is 3.79. The smallest absolute Gasteiger partial charge is 0.227 e. The SMILES string of the molecule is Cc1c(N)ccc2c1CCC(=O)N2C. The normalized spacial score (nSPS) is 15.6. The van der Waals surface area contributed by atoms with Crippen molar-refractivity contribution in [2.75, 3.05) is 17.7 Å². The highest BCUT2D eigenvalue weighted by Crippen LogP contribution is 2.31. The second-order valence-electron chi connectivity index (χ2n) is 3.73. The Morgan fingerprint density at radius 1 is 1.36 bits per heavy atom. The molecule has 0 atom stereocenters. The van der Waals surface area contributed by atoms with Crippen LogP contribution < -0.4 is 10.6 Å². The molecule has 1 aromatic rings. The standard InChI is InChI=1S/C11H14N2O/c1-7-8-3-6-11(14)13(2)10(8)5-4-9(7)12/h4-5H,3,6,12H2,1-2H3. The zero-order valence-corrected chi connectivity index (χ0v) is 8.50. The van der Waals surface area contributed by atoms with Crippen LogP contribution in [0.3, 0.4) is 0 Å². The molecule has 1 aliphatic heterocycles. The first-order valence-electron chi connectivity index (χ1n) is 4.76. The molecular formula is C11H14N2O. The van der Waals surface area contributed by atoms with Crippen molar-refractivity contribution in [3.8, 4) is 0 Å². The Morgan fingerprint density at radius 3 is 2.79 bits per heavy atom. The summed E-state index contributed by atoms with van der Waals surface area (Å²) >= 11 is 0. The Hall–Kier alpha value is -1.51. The van der Waals surface area contributed by atoms with Gasteiger partial charge in [0.05, 0.1) is 0 Å². The summed E-state index contributed by atoms with van der Waals surface area (Å²) < 4.78 is 0. The largest absolute Gasteiger partial charge is 0.399 e. The van der Waals surface area contributed by atoms with E-state index in [1.165, 1.54) is 5.56 Å². The van der Waals surface area contributed by atoms with Crippen LogP contribution in [0, 0.1) is 6.92 Å². The zero-order chi connectivity index (χ0) is 10.3. The van der Waals surface area contributed by atoms with Crippen LogP contribution in [0.1, 0.15) is 17.5 Å². The van der Waals surface area contributed by atoms with Gasteiger partial charge >= 0.3 is 0 Å². The molecule has 0 saturated carbocycles. The molecule has 0 radical (unpaired) electrons. The highest BCUT2D eigenvalue weighted by atomic mass is 16.2. The number of nitrogens with two attached hydrogens (primary N) is 1. The fraction of sp³-hybridized carbons (Fsp3) is 0.364. The van der Waals surface area contributed by atoms with Crippen molar-refractivity contribution in [1.29, 1.82) is 0 Å². The Kier molecular flexibility index (Phi) is 1.95. The fourth-order valence-electron chi connectivity index (χ4n) is 1.92. The third-order valence-corrected chi connectivity index (χ3v) is 2.94. The number of fused-ring (bicyclic) bond motifs is 1. The van der Waals surface area contributed by atoms with E-state index in [9.17, 15) is 4.79 Å². The molecule has 0 bridgehead atoms. The van der Waals surface area contributed by atoms with Crippen LogP contribution in [0.2, 0.25) is 0 Å². The van der Waals surface area contributed by atoms with Crippen LogP contribution in [0.4, 0.5) is 11.4 Å². The number of hydrogen-bond acceptors (Lipinski definition) is 2. The Morgan fingerprint density at radius 2 is 2.07 bits per heavy atom. The highest BCUT2D eigenvalue weighted by Gasteiger charge is 2.22. The van der Waals surface area contributed by atoms with E-state index in [-0.39, 0.29) is 5.91 Å². The zero-order valence-electron chi connectivity index (χ0n) is 8.50. The number of amides is 1. The van der Waals surface area contributed by atoms with Crippen molar-refractivity contribution in [3.63, 3.8) is 0 Å². The lowest BCUT2D eigenvalue weighted by molar-refractivity contribution is -0.118. The molecule has 74 valence electrons. The Labute approximate surface area is 83.5 Å². The van der Waals surface area contributed by atoms with Gasteiger partial charge in [-0.1, -0.05) is 0 Å². The van der Waals surface area contributed by atoms with Crippen molar-refractivity contribution in [2.45, 2.75) is 19.8 Å². The molecule has 3 heteroatoms. The number of carbonyl (C=O) groups is 1. The van der Waals surface area contributed by atoms with E-state index in [0.717, 1.165) is 23.4 Å². The van der Waals surface area contributed by atoms with Crippen molar-refractivity contribution in [2.24, 2.45) is 0 Å². The molecule has 14 heavy (non-hydrogen) atoms. The van der Waals surface area contributed by atoms with E-state index in [1.54, 1.807) is 4.90 Å². The van der Waals surface area contributed by atoms with Crippen LogP contribution in [-0.4, -0.2) is 13.0 Å². The van der Waals surface area contributed by atoms with Crippen LogP contribution in [0.15, 0.2) is 12.1 Å². The summed E-state index contributed by atoms with van der Waals surface area (Å²) in [4.78, 5) is 13.2. The number of benzene rings is 1. The van der Waals surface area contributed by atoms with E-state index >= 15 is 0 Å². The van der Waals surface area contributed by atoms with E-state index in [4.69, 9.17) is 5.73 Å². The molecule has 1 amide bonds. The number of hydrogen-bond donors (Lipinski definition) is 1. The first-order chi connectivity index (χ1) is 6.61. The molecule has 3 nitrogen and oxygen atoms in total. The monoisotopic (exact) mass is 190 g/mol. The van der Waals surface area contributed by atoms with Crippen molar-refractivity contribution in [1.82, 2.24) is 0 Å². The summed E-state index contributed by atoms with van der Waals surface area (Å²) in [5, 5.41) is 0. The van der Waals surface area contributed by atoms with Gasteiger partial charge in [-0.25, -0.2) is 0 Å². The van der Waals surface area contributed by atoms with Crippen LogP contribution in [0.25, 0.3) is 0 Å². The quantitative estimate of drug-likeness (QED) is 0.630.